The van der Waals surface area contributed by atoms with Crippen LogP contribution in [0.1, 0.15) is 29.5 Å². The number of hydrogen-bond donors (Lipinski definition) is 3. The minimum absolute atomic E-state index is 0.520. The number of hydrogen-bond acceptors (Lipinski definition) is 4. The third-order valence-corrected chi connectivity index (χ3v) is 4.08. The van der Waals surface area contributed by atoms with E-state index in [1.165, 1.54) is 29.5 Å². The molecule has 0 amide bonds. The molecule has 3 N–H and O–H groups in total. The number of nitrogens with zero attached hydrogens (tertiary/aromatic N) is 1. The van der Waals surface area contributed by atoms with E-state index in [1.54, 1.807) is 5.57 Å². The zero-order valence-corrected chi connectivity index (χ0v) is 14.1. The van der Waals surface area contributed by atoms with Crippen molar-refractivity contribution in [2.45, 2.75) is 32.2 Å². The van der Waals surface area contributed by atoms with E-state index in [0.29, 0.717) is 18.2 Å². The van der Waals surface area contributed by atoms with Gasteiger partial charge in [0.25, 0.3) is 0 Å². The summed E-state index contributed by atoms with van der Waals surface area (Å²) in [6.45, 7) is 3.13. The smallest absolute Gasteiger partial charge is 0.328 e. The number of aliphatic carboxylic acids is 2. The summed E-state index contributed by atoms with van der Waals surface area (Å²) in [5.74, 6) is -2.51. The van der Waals surface area contributed by atoms with Crippen LogP contribution in [0.5, 0.6) is 0 Å². The molecule has 25 heavy (non-hydrogen) atoms. The van der Waals surface area contributed by atoms with Gasteiger partial charge in [0.2, 0.25) is 0 Å². The molecular formula is C19H22N2O4. The first kappa shape index (κ1) is 18.4. The predicted molar refractivity (Wildman–Crippen MR) is 96.8 cm³/mol. The molecular weight excluding hydrogens is 320 g/mol. The zero-order valence-electron chi connectivity index (χ0n) is 14.1. The number of carboxylic acids is 2. The van der Waals surface area contributed by atoms with Crippen molar-refractivity contribution in [3.8, 4) is 0 Å². The molecule has 0 radical (unpaired) electrons. The molecule has 132 valence electrons. The average Bonchev–Trinajstić information content (AvgIpc) is 3.07. The Morgan fingerprint density at radius 2 is 1.96 bits per heavy atom. The SMILES string of the molecule is Cc1cccc2c1C=C(CC1CN=CN1)CC2.O=C(O)C=CC(=O)O. The molecule has 6 nitrogen and oxygen atoms in total. The zero-order chi connectivity index (χ0) is 18.2. The van der Waals surface area contributed by atoms with Gasteiger partial charge < -0.3 is 15.5 Å². The lowest BCUT2D eigenvalue weighted by Gasteiger charge is -2.20. The van der Waals surface area contributed by atoms with E-state index in [9.17, 15) is 9.59 Å². The molecule has 3 rings (SSSR count). The van der Waals surface area contributed by atoms with Gasteiger partial charge in [-0.1, -0.05) is 29.8 Å². The van der Waals surface area contributed by atoms with Crippen LogP contribution in [-0.4, -0.2) is 41.1 Å². The van der Waals surface area contributed by atoms with Crippen molar-refractivity contribution in [1.82, 2.24) is 5.32 Å². The molecule has 0 spiro atoms. The molecule has 0 bridgehead atoms. The van der Waals surface area contributed by atoms with Crippen LogP contribution in [0.15, 0.2) is 40.9 Å². The van der Waals surface area contributed by atoms with Gasteiger partial charge >= 0.3 is 11.9 Å². The van der Waals surface area contributed by atoms with Crippen LogP contribution >= 0.6 is 0 Å². The molecule has 1 atom stereocenters. The van der Waals surface area contributed by atoms with Crippen molar-refractivity contribution in [2.24, 2.45) is 4.99 Å². The van der Waals surface area contributed by atoms with Gasteiger partial charge in [0.1, 0.15) is 0 Å². The lowest BCUT2D eigenvalue weighted by Crippen LogP contribution is -2.25. The van der Waals surface area contributed by atoms with E-state index in [2.05, 4.69) is 41.5 Å². The largest absolute Gasteiger partial charge is 0.478 e. The minimum Gasteiger partial charge on any atom is -0.478 e. The Labute approximate surface area is 146 Å². The Morgan fingerprint density at radius 1 is 1.24 bits per heavy atom. The second kappa shape index (κ2) is 8.82. The fraction of sp³-hybridized carbons (Fsp3) is 0.316. The van der Waals surface area contributed by atoms with Crippen LogP contribution in [0, 0.1) is 6.92 Å². The van der Waals surface area contributed by atoms with Gasteiger partial charge in [-0.3, -0.25) is 4.99 Å². The van der Waals surface area contributed by atoms with Crippen LogP contribution in [0.4, 0.5) is 0 Å². The first-order chi connectivity index (χ1) is 12.0. The van der Waals surface area contributed by atoms with Crippen LogP contribution in [-0.2, 0) is 16.0 Å². The van der Waals surface area contributed by atoms with Gasteiger partial charge in [0.15, 0.2) is 0 Å². The Morgan fingerprint density at radius 3 is 2.56 bits per heavy atom. The second-order valence-corrected chi connectivity index (χ2v) is 6.02. The molecule has 1 aromatic carbocycles. The number of benzene rings is 1. The summed E-state index contributed by atoms with van der Waals surface area (Å²) in [5.41, 5.74) is 5.92. The number of rotatable bonds is 4. The topological polar surface area (TPSA) is 99.0 Å². The van der Waals surface area contributed by atoms with Crippen molar-refractivity contribution in [3.05, 3.63) is 52.6 Å². The third-order valence-electron chi connectivity index (χ3n) is 4.08. The number of nitrogens with one attached hydrogen (secondary N) is 1. The van der Waals surface area contributed by atoms with E-state index < -0.39 is 11.9 Å². The standard InChI is InChI=1S/C15H18N2.C4H4O4/c1-11-3-2-4-13-6-5-12(8-15(11)13)7-14-9-16-10-17-14;5-3(6)1-2-4(7)8/h2-4,8,10,14H,5-7,9H2,1H3,(H,16,17);1-2H,(H,5,6)(H,7,8). The van der Waals surface area contributed by atoms with Crippen LogP contribution in [0.3, 0.4) is 0 Å². The van der Waals surface area contributed by atoms with Crippen molar-refractivity contribution < 1.29 is 19.8 Å². The highest BCUT2D eigenvalue weighted by Gasteiger charge is 2.16. The van der Waals surface area contributed by atoms with Gasteiger partial charge in [-0.15, -0.1) is 0 Å². The first-order valence-electron chi connectivity index (χ1n) is 8.12. The summed E-state index contributed by atoms with van der Waals surface area (Å²) in [4.78, 5) is 23.3. The normalized spacial score (nSPS) is 18.0. The Balaban J connectivity index is 0.000000242. The van der Waals surface area contributed by atoms with Crippen molar-refractivity contribution in [1.29, 1.82) is 0 Å². The van der Waals surface area contributed by atoms with Crippen molar-refractivity contribution in [2.75, 3.05) is 6.54 Å². The maximum absolute atomic E-state index is 9.55. The molecule has 1 aliphatic heterocycles. The molecule has 0 fully saturated rings. The highest BCUT2D eigenvalue weighted by Crippen LogP contribution is 2.28. The molecule has 0 aromatic heterocycles. The summed E-state index contributed by atoms with van der Waals surface area (Å²) in [6, 6.07) is 7.15. The fourth-order valence-electron chi connectivity index (χ4n) is 2.87. The van der Waals surface area contributed by atoms with Crippen molar-refractivity contribution in [3.63, 3.8) is 0 Å². The maximum atomic E-state index is 9.55. The van der Waals surface area contributed by atoms with Crippen LogP contribution in [0.25, 0.3) is 6.08 Å². The van der Waals surface area contributed by atoms with Crippen LogP contribution < -0.4 is 5.32 Å². The summed E-state index contributed by atoms with van der Waals surface area (Å²) in [5, 5.41) is 18.9. The summed E-state index contributed by atoms with van der Waals surface area (Å²) in [6.07, 6.45) is 8.88. The second-order valence-electron chi connectivity index (χ2n) is 6.02. The van der Waals surface area contributed by atoms with Gasteiger partial charge in [-0.2, -0.15) is 0 Å². The Hall–Kier alpha value is -2.89. The molecule has 1 aliphatic carbocycles. The number of aryl methyl sites for hydroxylation is 2. The minimum atomic E-state index is -1.26. The summed E-state index contributed by atoms with van der Waals surface area (Å²) in [7, 11) is 0. The molecule has 1 heterocycles. The molecule has 6 heteroatoms. The monoisotopic (exact) mass is 342 g/mol. The van der Waals surface area contributed by atoms with Gasteiger partial charge in [-0.25, -0.2) is 9.59 Å². The van der Waals surface area contributed by atoms with E-state index >= 15 is 0 Å². The number of aliphatic imine (C=N–C) groups is 1. The summed E-state index contributed by atoms with van der Waals surface area (Å²) >= 11 is 0. The van der Waals surface area contributed by atoms with E-state index in [4.69, 9.17) is 10.2 Å². The van der Waals surface area contributed by atoms with E-state index in [1.807, 2.05) is 6.34 Å². The van der Waals surface area contributed by atoms with E-state index in [-0.39, 0.29) is 0 Å². The molecule has 1 unspecified atom stereocenters. The average molecular weight is 342 g/mol. The highest BCUT2D eigenvalue weighted by molar-refractivity contribution is 5.89. The summed E-state index contributed by atoms with van der Waals surface area (Å²) < 4.78 is 0. The molecule has 1 aromatic rings. The quantitative estimate of drug-likeness (QED) is 0.730. The number of fused-ring (bicyclic) bond motifs is 1. The third kappa shape index (κ3) is 5.91. The Bertz CT molecular complexity index is 711. The molecule has 2 aliphatic rings. The van der Waals surface area contributed by atoms with Gasteiger partial charge in [-0.05, 0) is 42.9 Å². The number of carboxylic acid groups (broad SMARTS) is 2. The lowest BCUT2D eigenvalue weighted by molar-refractivity contribution is -0.134. The molecule has 0 saturated carbocycles. The first-order valence-corrected chi connectivity index (χ1v) is 8.12. The molecule has 0 saturated heterocycles. The predicted octanol–water partition coefficient (Wildman–Crippen LogP) is 2.43. The maximum Gasteiger partial charge on any atom is 0.328 e. The fourth-order valence-corrected chi connectivity index (χ4v) is 2.87. The van der Waals surface area contributed by atoms with Crippen LogP contribution in [0.2, 0.25) is 0 Å². The number of carbonyl (C=O) groups is 2. The van der Waals surface area contributed by atoms with Gasteiger partial charge in [0, 0.05) is 12.2 Å². The lowest BCUT2D eigenvalue weighted by atomic mass is 9.87. The van der Waals surface area contributed by atoms with Gasteiger partial charge in [0.05, 0.1) is 18.9 Å². The van der Waals surface area contributed by atoms with Crippen molar-refractivity contribution >= 4 is 24.4 Å². The highest BCUT2D eigenvalue weighted by atomic mass is 16.4. The Kier molecular flexibility index (Phi) is 6.51. The van der Waals surface area contributed by atoms with E-state index in [0.717, 1.165) is 13.0 Å².